The van der Waals surface area contributed by atoms with E-state index >= 15 is 0 Å². The van der Waals surface area contributed by atoms with Crippen molar-refractivity contribution in [1.82, 2.24) is 16.0 Å². The van der Waals surface area contributed by atoms with E-state index in [1.807, 2.05) is 0 Å². The van der Waals surface area contributed by atoms with Crippen molar-refractivity contribution < 1.29 is 0 Å². The van der Waals surface area contributed by atoms with E-state index in [2.05, 4.69) is 34.1 Å². The second kappa shape index (κ2) is 11.6. The molecule has 0 atom stereocenters. The van der Waals surface area contributed by atoms with Crippen molar-refractivity contribution in [2.24, 2.45) is 17.2 Å². The molecule has 1 aromatic carbocycles. The lowest BCUT2D eigenvalue weighted by molar-refractivity contribution is 0.672. The molecule has 0 amide bonds. The zero-order chi connectivity index (χ0) is 15.3. The van der Waals surface area contributed by atoms with E-state index in [0.717, 1.165) is 39.3 Å². The van der Waals surface area contributed by atoms with Crippen LogP contribution in [0.2, 0.25) is 0 Å². The zero-order valence-electron chi connectivity index (χ0n) is 12.8. The maximum Gasteiger partial charge on any atom is 0.0206 e. The van der Waals surface area contributed by atoms with Crippen LogP contribution in [0.4, 0.5) is 0 Å². The SMILES string of the molecule is NCCNCc1cc(CNCCN)cc(CNCCN)c1. The Morgan fingerprint density at radius 1 is 0.571 bits per heavy atom. The van der Waals surface area contributed by atoms with Gasteiger partial charge in [0.25, 0.3) is 0 Å². The molecular weight excluding hydrogens is 264 g/mol. The monoisotopic (exact) mass is 294 g/mol. The fraction of sp³-hybridized carbons (Fsp3) is 0.600. The number of nitrogens with one attached hydrogen (secondary N) is 3. The van der Waals surface area contributed by atoms with Crippen LogP contribution in [0.25, 0.3) is 0 Å². The van der Waals surface area contributed by atoms with Gasteiger partial charge in [-0.2, -0.15) is 0 Å². The number of hydrogen-bond donors (Lipinski definition) is 6. The molecule has 0 aromatic heterocycles. The molecule has 0 heterocycles. The number of benzene rings is 1. The largest absolute Gasteiger partial charge is 0.329 e. The number of nitrogens with two attached hydrogens (primary N) is 3. The lowest BCUT2D eigenvalue weighted by Gasteiger charge is -2.12. The summed E-state index contributed by atoms with van der Waals surface area (Å²) in [4.78, 5) is 0. The predicted molar refractivity (Wildman–Crippen MR) is 88.7 cm³/mol. The van der Waals surface area contributed by atoms with Crippen LogP contribution in [0.5, 0.6) is 0 Å². The Bertz CT molecular complexity index is 313. The third kappa shape index (κ3) is 8.11. The summed E-state index contributed by atoms with van der Waals surface area (Å²) >= 11 is 0. The first-order valence-corrected chi connectivity index (χ1v) is 7.64. The van der Waals surface area contributed by atoms with E-state index in [1.165, 1.54) is 16.7 Å². The van der Waals surface area contributed by atoms with Crippen molar-refractivity contribution in [2.75, 3.05) is 39.3 Å². The second-order valence-corrected chi connectivity index (χ2v) is 5.05. The lowest BCUT2D eigenvalue weighted by Crippen LogP contribution is -2.24. The van der Waals surface area contributed by atoms with E-state index in [0.29, 0.717) is 19.6 Å². The summed E-state index contributed by atoms with van der Waals surface area (Å²) in [7, 11) is 0. The van der Waals surface area contributed by atoms with Crippen LogP contribution >= 0.6 is 0 Å². The molecule has 0 bridgehead atoms. The van der Waals surface area contributed by atoms with Gasteiger partial charge in [0.15, 0.2) is 0 Å². The van der Waals surface area contributed by atoms with E-state index in [9.17, 15) is 0 Å². The van der Waals surface area contributed by atoms with Gasteiger partial charge in [-0.15, -0.1) is 0 Å². The molecule has 0 saturated carbocycles. The topological polar surface area (TPSA) is 114 Å². The van der Waals surface area contributed by atoms with Crippen molar-refractivity contribution in [3.63, 3.8) is 0 Å². The molecule has 6 heteroatoms. The highest BCUT2D eigenvalue weighted by molar-refractivity contribution is 5.30. The van der Waals surface area contributed by atoms with Gasteiger partial charge in [-0.05, 0) is 16.7 Å². The highest BCUT2D eigenvalue weighted by atomic mass is 14.9. The summed E-state index contributed by atoms with van der Waals surface area (Å²) in [6, 6.07) is 6.67. The van der Waals surface area contributed by atoms with Crippen molar-refractivity contribution in [1.29, 1.82) is 0 Å². The van der Waals surface area contributed by atoms with E-state index in [4.69, 9.17) is 17.2 Å². The van der Waals surface area contributed by atoms with Crippen LogP contribution in [0.3, 0.4) is 0 Å². The van der Waals surface area contributed by atoms with Crippen molar-refractivity contribution in [3.8, 4) is 0 Å². The standard InChI is InChI=1S/C15H30N6/c16-1-4-19-10-13-7-14(11-20-5-2-17)9-15(8-13)12-21-6-3-18/h7-9,19-21H,1-6,10-12,16-18H2. The highest BCUT2D eigenvalue weighted by Gasteiger charge is 2.02. The fourth-order valence-corrected chi connectivity index (χ4v) is 2.15. The summed E-state index contributed by atoms with van der Waals surface area (Å²) in [5, 5.41) is 10.0. The first-order chi connectivity index (χ1) is 10.3. The Kier molecular flexibility index (Phi) is 9.98. The minimum Gasteiger partial charge on any atom is -0.329 e. The Labute approximate surface area is 127 Å². The van der Waals surface area contributed by atoms with E-state index < -0.39 is 0 Å². The first kappa shape index (κ1) is 18.0. The van der Waals surface area contributed by atoms with Gasteiger partial charge < -0.3 is 33.2 Å². The third-order valence-electron chi connectivity index (χ3n) is 3.06. The quantitative estimate of drug-likeness (QED) is 0.271. The Morgan fingerprint density at radius 3 is 1.10 bits per heavy atom. The summed E-state index contributed by atoms with van der Waals surface area (Å²) in [6.07, 6.45) is 0. The van der Waals surface area contributed by atoms with Crippen molar-refractivity contribution in [3.05, 3.63) is 34.9 Å². The van der Waals surface area contributed by atoms with E-state index in [-0.39, 0.29) is 0 Å². The van der Waals surface area contributed by atoms with Crippen LogP contribution in [0.15, 0.2) is 18.2 Å². The van der Waals surface area contributed by atoms with Crippen LogP contribution in [0.1, 0.15) is 16.7 Å². The molecule has 0 radical (unpaired) electrons. The summed E-state index contributed by atoms with van der Waals surface area (Å²) < 4.78 is 0. The second-order valence-electron chi connectivity index (χ2n) is 5.05. The van der Waals surface area contributed by atoms with Crippen LogP contribution in [-0.4, -0.2) is 39.3 Å². The van der Waals surface area contributed by atoms with Gasteiger partial charge in [0.05, 0.1) is 0 Å². The molecule has 1 aromatic rings. The van der Waals surface area contributed by atoms with Crippen molar-refractivity contribution >= 4 is 0 Å². The normalized spacial score (nSPS) is 11.0. The molecule has 0 aliphatic rings. The average molecular weight is 294 g/mol. The molecule has 0 aliphatic carbocycles. The number of hydrogen-bond acceptors (Lipinski definition) is 6. The molecule has 0 saturated heterocycles. The van der Waals surface area contributed by atoms with Crippen LogP contribution in [-0.2, 0) is 19.6 Å². The molecule has 0 spiro atoms. The summed E-state index contributed by atoms with van der Waals surface area (Å²) in [5.41, 5.74) is 20.4. The van der Waals surface area contributed by atoms with Gasteiger partial charge in [-0.1, -0.05) is 18.2 Å². The van der Waals surface area contributed by atoms with Crippen molar-refractivity contribution in [2.45, 2.75) is 19.6 Å². The summed E-state index contributed by atoms with van der Waals surface area (Å²) in [6.45, 7) is 6.97. The highest BCUT2D eigenvalue weighted by Crippen LogP contribution is 2.11. The van der Waals surface area contributed by atoms with Crippen LogP contribution in [0, 0.1) is 0 Å². The smallest absolute Gasteiger partial charge is 0.0206 e. The molecule has 9 N–H and O–H groups in total. The number of rotatable bonds is 12. The fourth-order valence-electron chi connectivity index (χ4n) is 2.15. The molecule has 120 valence electrons. The lowest BCUT2D eigenvalue weighted by atomic mass is 10.0. The van der Waals surface area contributed by atoms with Gasteiger partial charge in [0, 0.05) is 58.9 Å². The minimum atomic E-state index is 0.655. The third-order valence-corrected chi connectivity index (χ3v) is 3.06. The molecular formula is C15H30N6. The zero-order valence-corrected chi connectivity index (χ0v) is 12.8. The maximum atomic E-state index is 5.51. The van der Waals surface area contributed by atoms with Gasteiger partial charge in [0.1, 0.15) is 0 Å². The van der Waals surface area contributed by atoms with Gasteiger partial charge in [0.2, 0.25) is 0 Å². The van der Waals surface area contributed by atoms with Crippen LogP contribution < -0.4 is 33.2 Å². The van der Waals surface area contributed by atoms with Gasteiger partial charge in [-0.25, -0.2) is 0 Å². The molecule has 1 rings (SSSR count). The molecule has 6 nitrogen and oxygen atoms in total. The average Bonchev–Trinajstić information content (AvgIpc) is 2.48. The van der Waals surface area contributed by atoms with Gasteiger partial charge >= 0.3 is 0 Å². The predicted octanol–water partition coefficient (Wildman–Crippen LogP) is -1.17. The van der Waals surface area contributed by atoms with Gasteiger partial charge in [-0.3, -0.25) is 0 Å². The first-order valence-electron chi connectivity index (χ1n) is 7.64. The molecule has 0 fully saturated rings. The molecule has 21 heavy (non-hydrogen) atoms. The summed E-state index contributed by atoms with van der Waals surface area (Å²) in [5.74, 6) is 0. The molecule has 0 unspecified atom stereocenters. The Morgan fingerprint density at radius 2 is 0.857 bits per heavy atom. The van der Waals surface area contributed by atoms with E-state index in [1.54, 1.807) is 0 Å². The minimum absolute atomic E-state index is 0.655. The molecule has 0 aliphatic heterocycles. The Balaban J connectivity index is 2.65. The Hall–Kier alpha value is -1.02. The maximum absolute atomic E-state index is 5.51.